The normalized spacial score (nSPS) is 13.2. The maximum Gasteiger partial charge on any atom is 0.402 e. The van der Waals surface area contributed by atoms with Gasteiger partial charge in [-0.3, -0.25) is 19.2 Å². The first kappa shape index (κ1) is 73.1. The number of carbonyl (C=O) groups is 4. The number of alkyl halides is 3. The second-order valence-corrected chi connectivity index (χ2v) is 27.1. The standard InChI is InChI=1S/C94H65F3N8O9/c1-4-60-14-40-75(41-15-60)110-78-46-32-70(33-47-78)101-98-67-26-16-61(17-27-67)63-20-42-76(43-21-63)111-79-48-34-71(35-49-79)102-99-68-28-18-62(19-29-68)64-22-44-77(45-23-64)112-80-50-36-72(37-51-80)103-100-69-30-38-73(39-31-69)104-89(106)85-52-24-65(55-87(85)91(104)108)93(3,94(95,96)97)66-25-53-86-88(56-66)92(109)105(90(86)107)74-9-6-11-82(57-74)114-84-13-7-12-83(58-84)113-81-10-5-8-59(2)54-81/h5-58H,4H2,1-3H3/b101-98+,102-99+,103-100+/t93-/m0/s1. The van der Waals surface area contributed by atoms with E-state index in [-0.39, 0.29) is 50.5 Å². The lowest BCUT2D eigenvalue weighted by Crippen LogP contribution is -2.41. The van der Waals surface area contributed by atoms with Gasteiger partial charge in [-0.25, -0.2) is 9.80 Å². The zero-order valence-electron chi connectivity index (χ0n) is 61.3. The highest BCUT2D eigenvalue weighted by molar-refractivity contribution is 6.35. The Balaban J connectivity index is 0.490. The van der Waals surface area contributed by atoms with Crippen molar-refractivity contribution in [2.24, 2.45) is 30.7 Å². The Morgan fingerprint density at radius 3 is 0.947 bits per heavy atom. The van der Waals surface area contributed by atoms with E-state index in [1.807, 2.05) is 189 Å². The molecule has 4 amide bonds. The number of halogens is 3. The number of hydrogen-bond donors (Lipinski definition) is 0. The summed E-state index contributed by atoms with van der Waals surface area (Å²) in [6.45, 7) is 5.00. The van der Waals surface area contributed by atoms with Crippen molar-refractivity contribution in [2.75, 3.05) is 9.80 Å². The number of carbonyl (C=O) groups excluding carboxylic acids is 4. The number of imide groups is 2. The van der Waals surface area contributed by atoms with Gasteiger partial charge in [-0.2, -0.15) is 43.9 Å². The maximum absolute atomic E-state index is 15.7. The molecule has 0 N–H and O–H groups in total. The van der Waals surface area contributed by atoms with Crippen molar-refractivity contribution in [3.63, 3.8) is 0 Å². The smallest absolute Gasteiger partial charge is 0.402 e. The van der Waals surface area contributed by atoms with E-state index in [1.165, 1.54) is 42.0 Å². The molecule has 14 aromatic carbocycles. The Hall–Kier alpha value is -15.1. The summed E-state index contributed by atoms with van der Waals surface area (Å²) in [6.07, 6.45) is -4.03. The van der Waals surface area contributed by atoms with E-state index in [2.05, 4.69) is 49.7 Å². The van der Waals surface area contributed by atoms with Gasteiger partial charge in [0.25, 0.3) is 23.6 Å². The molecule has 17 nitrogen and oxygen atoms in total. The molecule has 0 aromatic heterocycles. The van der Waals surface area contributed by atoms with E-state index in [0.29, 0.717) is 63.0 Å². The molecule has 14 aromatic rings. The van der Waals surface area contributed by atoms with Gasteiger partial charge in [0.1, 0.15) is 62.9 Å². The van der Waals surface area contributed by atoms with E-state index < -0.39 is 35.2 Å². The van der Waals surface area contributed by atoms with Crippen LogP contribution in [0.25, 0.3) is 22.3 Å². The van der Waals surface area contributed by atoms with Crippen molar-refractivity contribution >= 4 is 69.1 Å². The Morgan fingerprint density at radius 2 is 0.579 bits per heavy atom. The molecule has 0 aliphatic carbocycles. The minimum Gasteiger partial charge on any atom is -0.457 e. The largest absolute Gasteiger partial charge is 0.457 e. The van der Waals surface area contributed by atoms with Crippen LogP contribution in [0.5, 0.6) is 57.5 Å². The summed E-state index contributed by atoms with van der Waals surface area (Å²) in [5.74, 6) is 2.68. The third-order valence-electron chi connectivity index (χ3n) is 19.4. The molecule has 1 atom stereocenters. The number of aryl methyl sites for hydroxylation is 2. The lowest BCUT2D eigenvalue weighted by molar-refractivity contribution is -0.173. The number of rotatable bonds is 23. The SMILES string of the molecule is CCc1ccc(Oc2ccc(/N=N/c3ccc(-c4ccc(Oc5ccc(/N=N/c6ccc(-c7ccc(Oc8ccc(/N=N/c9ccc(N%10C(=O)c%11ccc([C@@](C)(c%12ccc%13c(c%12)C(=O)N(c%12cccc(Oc%14cccc(Oc%15cccc(C)c%15)c%14)c%12)C%13=O)C(F)(F)F)cc%11C%10=O)cc9)cc8)cc7)cc6)cc5)cc4)cc3)cc2)cc1. The van der Waals surface area contributed by atoms with Gasteiger partial charge in [0.05, 0.1) is 67.8 Å². The molecule has 0 unspecified atom stereocenters. The first-order chi connectivity index (χ1) is 55.4. The number of amides is 4. The van der Waals surface area contributed by atoms with Crippen LogP contribution >= 0.6 is 0 Å². The van der Waals surface area contributed by atoms with Crippen molar-refractivity contribution < 1.29 is 56.0 Å². The van der Waals surface area contributed by atoms with E-state index >= 15 is 13.2 Å². The molecule has 0 spiro atoms. The van der Waals surface area contributed by atoms with E-state index in [0.717, 1.165) is 98.1 Å². The van der Waals surface area contributed by atoms with E-state index in [4.69, 9.17) is 23.7 Å². The summed E-state index contributed by atoms with van der Waals surface area (Å²) >= 11 is 0. The summed E-state index contributed by atoms with van der Waals surface area (Å²) in [7, 11) is 0. The Morgan fingerprint density at radius 1 is 0.289 bits per heavy atom. The van der Waals surface area contributed by atoms with Crippen molar-refractivity contribution in [1.82, 2.24) is 0 Å². The number of anilines is 2. The minimum absolute atomic E-state index is 0.0995. The first-order valence-electron chi connectivity index (χ1n) is 36.4. The molecular formula is C94H65F3N8O9. The molecule has 2 aliphatic rings. The molecule has 0 fully saturated rings. The number of hydrogen-bond acceptors (Lipinski definition) is 15. The first-order valence-corrected chi connectivity index (χ1v) is 36.4. The fourth-order valence-corrected chi connectivity index (χ4v) is 13.1. The Labute approximate surface area is 652 Å². The van der Waals surface area contributed by atoms with Gasteiger partial charge in [-0.05, 0) is 283 Å². The molecule has 0 radical (unpaired) electrons. The minimum atomic E-state index is -5.01. The van der Waals surface area contributed by atoms with Crippen LogP contribution in [0, 0.1) is 6.92 Å². The zero-order valence-corrected chi connectivity index (χ0v) is 61.3. The van der Waals surface area contributed by atoms with Crippen LogP contribution in [0.1, 0.15) is 77.5 Å². The summed E-state index contributed by atoms with van der Waals surface area (Å²) in [5.41, 5.74) is 5.98. The van der Waals surface area contributed by atoms with Gasteiger partial charge in [0.2, 0.25) is 0 Å². The average molecular weight is 1510 g/mol. The quantitative estimate of drug-likeness (QED) is 0.0442. The third kappa shape index (κ3) is 15.9. The molecule has 114 heavy (non-hydrogen) atoms. The van der Waals surface area contributed by atoms with Crippen LogP contribution in [0.2, 0.25) is 0 Å². The molecule has 0 saturated heterocycles. The molecule has 16 rings (SSSR count). The van der Waals surface area contributed by atoms with Crippen LogP contribution in [0.15, 0.2) is 358 Å². The average Bonchev–Trinajstić information content (AvgIpc) is 1.48. The highest BCUT2D eigenvalue weighted by atomic mass is 19.4. The predicted molar refractivity (Wildman–Crippen MR) is 430 cm³/mol. The highest BCUT2D eigenvalue weighted by Gasteiger charge is 2.55. The topological polar surface area (TPSA) is 195 Å². The van der Waals surface area contributed by atoms with E-state index in [9.17, 15) is 19.2 Å². The monoisotopic (exact) mass is 1510 g/mol. The van der Waals surface area contributed by atoms with Gasteiger partial charge >= 0.3 is 6.18 Å². The van der Waals surface area contributed by atoms with Crippen molar-refractivity contribution in [2.45, 2.75) is 38.8 Å². The zero-order chi connectivity index (χ0) is 78.5. The summed E-state index contributed by atoms with van der Waals surface area (Å²) in [6, 6.07) is 94.7. The van der Waals surface area contributed by atoms with Crippen molar-refractivity contribution in [3.05, 3.63) is 372 Å². The van der Waals surface area contributed by atoms with Gasteiger partial charge in [-0.15, -0.1) is 0 Å². The molecule has 0 saturated carbocycles. The molecule has 556 valence electrons. The van der Waals surface area contributed by atoms with Crippen LogP contribution < -0.4 is 33.5 Å². The summed E-state index contributed by atoms with van der Waals surface area (Å²) < 4.78 is 77.6. The second kappa shape index (κ2) is 31.5. The molecule has 0 bridgehead atoms. The maximum atomic E-state index is 15.7. The molecule has 20 heteroatoms. The fourth-order valence-electron chi connectivity index (χ4n) is 13.1. The Bertz CT molecular complexity index is 6070. The van der Waals surface area contributed by atoms with Crippen LogP contribution in [0.3, 0.4) is 0 Å². The van der Waals surface area contributed by atoms with Crippen LogP contribution in [-0.2, 0) is 11.8 Å². The summed E-state index contributed by atoms with van der Waals surface area (Å²) in [5, 5.41) is 26.4. The van der Waals surface area contributed by atoms with Crippen molar-refractivity contribution in [1.29, 1.82) is 0 Å². The number of ether oxygens (including phenoxy) is 5. The van der Waals surface area contributed by atoms with Gasteiger partial charge in [-0.1, -0.05) is 104 Å². The van der Waals surface area contributed by atoms with Crippen molar-refractivity contribution in [3.8, 4) is 79.7 Å². The molecule has 2 heterocycles. The van der Waals surface area contributed by atoms with E-state index in [1.54, 1.807) is 72.8 Å². The lowest BCUT2D eigenvalue weighted by Gasteiger charge is -2.33. The second-order valence-electron chi connectivity index (χ2n) is 27.1. The van der Waals surface area contributed by atoms with Gasteiger partial charge < -0.3 is 23.7 Å². The molecular weight excluding hydrogens is 1440 g/mol. The number of azo groups is 3. The summed E-state index contributed by atoms with van der Waals surface area (Å²) in [4.78, 5) is 57.9. The third-order valence-corrected chi connectivity index (χ3v) is 19.4. The highest BCUT2D eigenvalue weighted by Crippen LogP contribution is 2.49. The number of benzene rings is 14. The predicted octanol–water partition coefficient (Wildman–Crippen LogP) is 26.6. The van der Waals surface area contributed by atoms with Crippen LogP contribution in [-0.4, -0.2) is 29.8 Å². The number of fused-ring (bicyclic) bond motifs is 2. The fraction of sp³-hybridized carbons (Fsp3) is 0.0638. The lowest BCUT2D eigenvalue weighted by atomic mass is 9.74. The van der Waals surface area contributed by atoms with Gasteiger partial charge in [0, 0.05) is 12.1 Å². The number of nitrogens with zero attached hydrogens (tertiary/aromatic N) is 8. The van der Waals surface area contributed by atoms with Gasteiger partial charge in [0.15, 0.2) is 0 Å². The Kier molecular flexibility index (Phi) is 20.2. The molecule has 2 aliphatic heterocycles. The van der Waals surface area contributed by atoms with Crippen LogP contribution in [0.4, 0.5) is 58.7 Å².